The van der Waals surface area contributed by atoms with Gasteiger partial charge < -0.3 is 25.2 Å². The Morgan fingerprint density at radius 1 is 0.564 bits per heavy atom. The second kappa shape index (κ2) is 40.9. The van der Waals surface area contributed by atoms with Gasteiger partial charge in [-0.2, -0.15) is 0 Å². The Hall–Kier alpha value is -1.29. The number of hydrogen-bond acceptors (Lipinski definition) is 8. The number of allylic oxidation sites excluding steroid dienone is 2. The van der Waals surface area contributed by atoms with E-state index in [1.165, 1.54) is 161 Å². The molecule has 0 saturated carbocycles. The van der Waals surface area contributed by atoms with Gasteiger partial charge in [0.05, 0.1) is 19.8 Å². The normalized spacial score (nSPS) is 14.0. The molecule has 0 aromatic rings. The van der Waals surface area contributed by atoms with Crippen LogP contribution in [0.1, 0.15) is 219 Å². The lowest BCUT2D eigenvalue weighted by Gasteiger charge is -2.20. The first-order valence-corrected chi connectivity index (χ1v) is 24.2. The third-order valence-electron chi connectivity index (χ3n) is 10.0. The molecule has 11 heteroatoms. The Morgan fingerprint density at radius 2 is 0.945 bits per heavy atom. The number of phosphoric ester groups is 1. The first kappa shape index (κ1) is 53.7. The van der Waals surface area contributed by atoms with Gasteiger partial charge in [-0.25, -0.2) is 4.57 Å². The molecule has 0 saturated heterocycles. The van der Waals surface area contributed by atoms with E-state index in [2.05, 4.69) is 26.0 Å². The van der Waals surface area contributed by atoms with Crippen molar-refractivity contribution in [3.8, 4) is 0 Å². The number of phosphoric acid groups is 1. The van der Waals surface area contributed by atoms with Crippen molar-refractivity contribution in [2.45, 2.75) is 231 Å². The molecule has 0 spiro atoms. The minimum absolute atomic E-state index is 0.0221. The molecule has 3 unspecified atom stereocenters. The highest BCUT2D eigenvalue weighted by molar-refractivity contribution is 7.47. The number of carbonyl (C=O) groups excluding carboxylic acids is 1. The first-order chi connectivity index (χ1) is 26.7. The van der Waals surface area contributed by atoms with Crippen LogP contribution in [0, 0.1) is 0 Å². The van der Waals surface area contributed by atoms with Crippen molar-refractivity contribution in [3.05, 3.63) is 12.2 Å². The van der Waals surface area contributed by atoms with Crippen LogP contribution in [0.2, 0.25) is 0 Å². The third-order valence-corrected chi connectivity index (χ3v) is 11.0. The average Bonchev–Trinajstić information content (AvgIpc) is 3.16. The van der Waals surface area contributed by atoms with Crippen LogP contribution in [0.4, 0.5) is 0 Å². The van der Waals surface area contributed by atoms with Gasteiger partial charge in [-0.1, -0.05) is 187 Å². The summed E-state index contributed by atoms with van der Waals surface area (Å²) in [7, 11) is -4.61. The molecule has 0 aliphatic rings. The number of carbonyl (C=O) groups is 2. The lowest BCUT2D eigenvalue weighted by Crippen LogP contribution is -2.34. The Labute approximate surface area is 337 Å². The molecule has 0 fully saturated rings. The maximum Gasteiger partial charge on any atom is 0.472 e. The highest BCUT2D eigenvalue weighted by Gasteiger charge is 2.27. The Bertz CT molecular complexity index is 935. The van der Waals surface area contributed by atoms with Gasteiger partial charge in [0.2, 0.25) is 0 Å². The predicted molar refractivity (Wildman–Crippen MR) is 226 cm³/mol. The third kappa shape index (κ3) is 40.7. The zero-order valence-electron chi connectivity index (χ0n) is 35.5. The maximum atomic E-state index is 12.6. The fourth-order valence-electron chi connectivity index (χ4n) is 6.48. The lowest BCUT2D eigenvalue weighted by atomic mass is 10.0. The Morgan fingerprint density at radius 3 is 1.38 bits per heavy atom. The summed E-state index contributed by atoms with van der Waals surface area (Å²) >= 11 is 0. The molecule has 326 valence electrons. The van der Waals surface area contributed by atoms with Gasteiger partial charge >= 0.3 is 19.8 Å². The summed E-state index contributed by atoms with van der Waals surface area (Å²) < 4.78 is 33.3. The van der Waals surface area contributed by atoms with E-state index in [9.17, 15) is 19.0 Å². The number of ether oxygens (including phenoxy) is 2. The first-order valence-electron chi connectivity index (χ1n) is 22.7. The molecule has 0 aliphatic carbocycles. The number of nitrogens with two attached hydrogens (primary N) is 1. The molecule has 10 nitrogen and oxygen atoms in total. The number of unbranched alkanes of at least 4 members (excludes halogenated alkanes) is 28. The fraction of sp³-hybridized carbons (Fsp3) is 0.909. The number of carboxylic acid groups (broad SMARTS) is 1. The molecule has 55 heavy (non-hydrogen) atoms. The molecule has 0 heterocycles. The van der Waals surface area contributed by atoms with Crippen LogP contribution in [0.25, 0.3) is 0 Å². The van der Waals surface area contributed by atoms with Crippen LogP contribution >= 0.6 is 7.82 Å². The second-order valence-corrected chi connectivity index (χ2v) is 17.0. The van der Waals surface area contributed by atoms with Gasteiger partial charge in [0.1, 0.15) is 12.1 Å². The van der Waals surface area contributed by atoms with Gasteiger partial charge in [0.15, 0.2) is 0 Å². The van der Waals surface area contributed by atoms with Crippen molar-refractivity contribution < 1.29 is 42.7 Å². The van der Waals surface area contributed by atoms with Gasteiger partial charge in [-0.15, -0.1) is 0 Å². The zero-order chi connectivity index (χ0) is 40.5. The summed E-state index contributed by atoms with van der Waals surface area (Å²) in [6.45, 7) is 3.90. The molecule has 0 aliphatic heterocycles. The minimum atomic E-state index is -4.61. The Kier molecular flexibility index (Phi) is 39.9. The summed E-state index contributed by atoms with van der Waals surface area (Å²) in [4.78, 5) is 33.5. The van der Waals surface area contributed by atoms with Crippen LogP contribution < -0.4 is 5.73 Å². The van der Waals surface area contributed by atoms with Crippen molar-refractivity contribution in [2.75, 3.05) is 26.4 Å². The van der Waals surface area contributed by atoms with E-state index in [1.807, 2.05) is 0 Å². The Balaban J connectivity index is 4.07. The van der Waals surface area contributed by atoms with E-state index in [0.29, 0.717) is 13.0 Å². The highest BCUT2D eigenvalue weighted by Crippen LogP contribution is 2.43. The SMILES string of the molecule is CCCCCCCCCC/C=C\CCCCCCCCCCCCCC(=O)OC(COCCCCCCCCCCCC)COP(=O)(O)OCC(N)C(=O)O. The summed E-state index contributed by atoms with van der Waals surface area (Å²) in [6.07, 6.45) is 42.7. The molecule has 0 bridgehead atoms. The quantitative estimate of drug-likeness (QED) is 0.0235. The molecule has 4 N–H and O–H groups in total. The number of carboxylic acids is 1. The van der Waals surface area contributed by atoms with Crippen LogP contribution in [-0.4, -0.2) is 60.5 Å². The molecule has 0 radical (unpaired) electrons. The predicted octanol–water partition coefficient (Wildman–Crippen LogP) is 12.5. The lowest BCUT2D eigenvalue weighted by molar-refractivity contribution is -0.154. The van der Waals surface area contributed by atoms with E-state index in [-0.39, 0.29) is 13.0 Å². The molecule has 3 atom stereocenters. The molecule has 0 aromatic heterocycles. The molecular weight excluding hydrogens is 717 g/mol. The molecule has 0 amide bonds. The second-order valence-electron chi connectivity index (χ2n) is 15.5. The average molecular weight is 804 g/mol. The van der Waals surface area contributed by atoms with Gasteiger partial charge in [-0.3, -0.25) is 18.6 Å². The molecule has 0 aromatic carbocycles. The molecule has 0 rings (SSSR count). The number of esters is 1. The minimum Gasteiger partial charge on any atom is -0.480 e. The van der Waals surface area contributed by atoms with E-state index in [1.54, 1.807) is 0 Å². The highest BCUT2D eigenvalue weighted by atomic mass is 31.2. The summed E-state index contributed by atoms with van der Waals surface area (Å²) in [5.74, 6) is -1.77. The number of hydrogen-bond donors (Lipinski definition) is 3. The van der Waals surface area contributed by atoms with Crippen LogP contribution in [0.15, 0.2) is 12.2 Å². The molecular formula is C44H86NO9P. The maximum absolute atomic E-state index is 12.6. The van der Waals surface area contributed by atoms with Crippen molar-refractivity contribution in [3.63, 3.8) is 0 Å². The summed E-state index contributed by atoms with van der Waals surface area (Å²) in [5, 5.41) is 8.88. The standard InChI is InChI=1S/C44H86NO9P/c1-3-5-7-9-11-13-15-16-17-18-19-20-21-22-23-24-25-26-27-28-30-32-34-36-43(46)54-41(39-52-55(49,50)53-40-42(45)44(47)48)38-51-37-35-33-31-29-14-12-10-8-6-4-2/h18-19,41-42H,3-17,20-40,45H2,1-2H3,(H,47,48)(H,49,50)/b19-18-. The van der Waals surface area contributed by atoms with Crippen molar-refractivity contribution in [2.24, 2.45) is 5.73 Å². The van der Waals surface area contributed by atoms with E-state index in [4.69, 9.17) is 29.4 Å². The summed E-state index contributed by atoms with van der Waals surface area (Å²) in [6, 6.07) is -1.47. The zero-order valence-corrected chi connectivity index (χ0v) is 36.4. The van der Waals surface area contributed by atoms with E-state index in [0.717, 1.165) is 32.1 Å². The van der Waals surface area contributed by atoms with Crippen LogP contribution in [-0.2, 0) is 32.7 Å². The van der Waals surface area contributed by atoms with Crippen molar-refractivity contribution in [1.29, 1.82) is 0 Å². The topological polar surface area (TPSA) is 155 Å². The number of aliphatic carboxylic acids is 1. The smallest absolute Gasteiger partial charge is 0.472 e. The fourth-order valence-corrected chi connectivity index (χ4v) is 7.26. The van der Waals surface area contributed by atoms with Crippen molar-refractivity contribution in [1.82, 2.24) is 0 Å². The van der Waals surface area contributed by atoms with Gasteiger partial charge in [-0.05, 0) is 38.5 Å². The van der Waals surface area contributed by atoms with E-state index < -0.39 is 45.1 Å². The monoisotopic (exact) mass is 804 g/mol. The van der Waals surface area contributed by atoms with E-state index >= 15 is 0 Å². The van der Waals surface area contributed by atoms with Crippen LogP contribution in [0.3, 0.4) is 0 Å². The largest absolute Gasteiger partial charge is 0.480 e. The summed E-state index contributed by atoms with van der Waals surface area (Å²) in [5.41, 5.74) is 5.35. The van der Waals surface area contributed by atoms with Crippen LogP contribution in [0.5, 0.6) is 0 Å². The van der Waals surface area contributed by atoms with Gasteiger partial charge in [0, 0.05) is 13.0 Å². The van der Waals surface area contributed by atoms with Crippen molar-refractivity contribution >= 4 is 19.8 Å². The van der Waals surface area contributed by atoms with Gasteiger partial charge in [0.25, 0.3) is 0 Å². The number of rotatable bonds is 44.